The van der Waals surface area contributed by atoms with Crippen molar-refractivity contribution in [2.24, 2.45) is 5.73 Å². The molecule has 0 aliphatic rings. The topological polar surface area (TPSA) is 26.0 Å². The molecule has 0 aromatic heterocycles. The lowest BCUT2D eigenvalue weighted by Gasteiger charge is -2.04. The van der Waals surface area contributed by atoms with E-state index >= 15 is 0 Å². The highest BCUT2D eigenvalue weighted by atomic mass is 14.6. The highest BCUT2D eigenvalue weighted by Crippen LogP contribution is 2.09. The summed E-state index contributed by atoms with van der Waals surface area (Å²) in [4.78, 5) is 0. The van der Waals surface area contributed by atoms with E-state index in [9.17, 15) is 0 Å². The van der Waals surface area contributed by atoms with Gasteiger partial charge < -0.3 is 5.73 Å². The van der Waals surface area contributed by atoms with E-state index in [4.69, 9.17) is 5.73 Å². The van der Waals surface area contributed by atoms with Crippen LogP contribution in [0.3, 0.4) is 0 Å². The van der Waals surface area contributed by atoms with Gasteiger partial charge in [0, 0.05) is 6.04 Å². The van der Waals surface area contributed by atoms with E-state index in [-0.39, 0.29) is 0 Å². The van der Waals surface area contributed by atoms with Gasteiger partial charge in [-0.2, -0.15) is 0 Å². The molecule has 2 N–H and O–H groups in total. The summed E-state index contributed by atoms with van der Waals surface area (Å²) in [5.41, 5.74) is 5.67. The first-order valence-corrected chi connectivity index (χ1v) is 6.03. The van der Waals surface area contributed by atoms with Crippen molar-refractivity contribution in [1.29, 1.82) is 0 Å². The van der Waals surface area contributed by atoms with Gasteiger partial charge in [-0.15, -0.1) is 0 Å². The number of nitrogens with two attached hydrogens (primary N) is 1. The fourth-order valence-electron chi connectivity index (χ4n) is 1.60. The van der Waals surface area contributed by atoms with Gasteiger partial charge in [-0.3, -0.25) is 0 Å². The van der Waals surface area contributed by atoms with Gasteiger partial charge in [-0.05, 0) is 13.3 Å². The summed E-state index contributed by atoms with van der Waals surface area (Å²) >= 11 is 0. The zero-order chi connectivity index (χ0) is 9.94. The van der Waals surface area contributed by atoms with Crippen LogP contribution in [0.5, 0.6) is 0 Å². The minimum absolute atomic E-state index is 0.403. The lowest BCUT2D eigenvalue weighted by atomic mass is 10.1. The molecule has 0 aliphatic carbocycles. The van der Waals surface area contributed by atoms with E-state index in [0.717, 1.165) is 0 Å². The van der Waals surface area contributed by atoms with Gasteiger partial charge in [-0.25, -0.2) is 0 Å². The zero-order valence-corrected chi connectivity index (χ0v) is 9.52. The Morgan fingerprint density at radius 3 is 1.77 bits per heavy atom. The number of unbranched alkanes of at least 4 members (excludes halogenated alkanes) is 7. The largest absolute Gasteiger partial charge is 0.328 e. The number of rotatable bonds is 9. The van der Waals surface area contributed by atoms with E-state index in [2.05, 4.69) is 13.8 Å². The van der Waals surface area contributed by atoms with Crippen molar-refractivity contribution in [3.8, 4) is 0 Å². The summed E-state index contributed by atoms with van der Waals surface area (Å²) in [5.74, 6) is 0. The molecule has 0 bridgehead atoms. The molecule has 0 rings (SSSR count). The maximum absolute atomic E-state index is 5.67. The Morgan fingerprint density at radius 1 is 0.846 bits per heavy atom. The minimum atomic E-state index is 0.403. The van der Waals surface area contributed by atoms with E-state index in [1.54, 1.807) is 0 Å². The van der Waals surface area contributed by atoms with Crippen LogP contribution in [0.1, 0.15) is 71.6 Å². The molecule has 0 spiro atoms. The standard InChI is InChI=1S/C12H27N/c1-3-4-5-6-7-8-9-10-11-12(2)13/h12H,3-11,13H2,1-2H3/t12-/m1/s1. The van der Waals surface area contributed by atoms with Crippen LogP contribution in [0.25, 0.3) is 0 Å². The van der Waals surface area contributed by atoms with Crippen LogP contribution in [-0.2, 0) is 0 Å². The van der Waals surface area contributed by atoms with Crippen molar-refractivity contribution in [1.82, 2.24) is 0 Å². The predicted molar refractivity (Wildman–Crippen MR) is 60.9 cm³/mol. The highest BCUT2D eigenvalue weighted by molar-refractivity contribution is 4.53. The molecule has 0 heterocycles. The fourth-order valence-corrected chi connectivity index (χ4v) is 1.60. The third-order valence-electron chi connectivity index (χ3n) is 2.51. The smallest absolute Gasteiger partial charge is 0.00104 e. The Kier molecular flexibility index (Phi) is 10.0. The molecule has 1 nitrogen and oxygen atoms in total. The molecular formula is C12H27N. The summed E-state index contributed by atoms with van der Waals surface area (Å²) in [5, 5.41) is 0. The first kappa shape index (κ1) is 13.0. The van der Waals surface area contributed by atoms with Crippen LogP contribution < -0.4 is 5.73 Å². The van der Waals surface area contributed by atoms with Crippen LogP contribution in [0.15, 0.2) is 0 Å². The van der Waals surface area contributed by atoms with Crippen molar-refractivity contribution in [2.75, 3.05) is 0 Å². The first-order chi connectivity index (χ1) is 6.27. The van der Waals surface area contributed by atoms with Crippen LogP contribution >= 0.6 is 0 Å². The van der Waals surface area contributed by atoms with E-state index in [1.165, 1.54) is 57.8 Å². The molecule has 0 aliphatic heterocycles. The fraction of sp³-hybridized carbons (Fsp3) is 1.00. The van der Waals surface area contributed by atoms with E-state index < -0.39 is 0 Å². The molecule has 0 fully saturated rings. The van der Waals surface area contributed by atoms with Gasteiger partial charge in [0.25, 0.3) is 0 Å². The normalized spacial score (nSPS) is 13.2. The van der Waals surface area contributed by atoms with Crippen LogP contribution in [-0.4, -0.2) is 6.04 Å². The SMILES string of the molecule is CCCCCCCCCC[C@@H](C)N. The predicted octanol–water partition coefficient (Wildman–Crippen LogP) is 3.86. The Bertz CT molecular complexity index is 89.1. The molecule has 0 saturated carbocycles. The first-order valence-electron chi connectivity index (χ1n) is 6.03. The van der Waals surface area contributed by atoms with E-state index in [0.29, 0.717) is 6.04 Å². The second-order valence-electron chi connectivity index (χ2n) is 4.24. The third-order valence-corrected chi connectivity index (χ3v) is 2.51. The van der Waals surface area contributed by atoms with E-state index in [1.807, 2.05) is 0 Å². The maximum atomic E-state index is 5.67. The summed E-state index contributed by atoms with van der Waals surface area (Å²) < 4.78 is 0. The minimum Gasteiger partial charge on any atom is -0.328 e. The average molecular weight is 185 g/mol. The molecule has 0 aromatic rings. The quantitative estimate of drug-likeness (QED) is 0.542. The molecule has 0 saturated heterocycles. The molecule has 0 radical (unpaired) electrons. The second kappa shape index (κ2) is 10.0. The van der Waals surface area contributed by atoms with Gasteiger partial charge in [-0.1, -0.05) is 58.3 Å². The molecule has 1 atom stereocenters. The molecule has 1 heteroatoms. The zero-order valence-electron chi connectivity index (χ0n) is 9.52. The highest BCUT2D eigenvalue weighted by Gasteiger charge is 1.94. The van der Waals surface area contributed by atoms with Gasteiger partial charge in [0.1, 0.15) is 0 Å². The Hall–Kier alpha value is -0.0400. The summed E-state index contributed by atoms with van der Waals surface area (Å²) in [6, 6.07) is 0.403. The number of hydrogen-bond acceptors (Lipinski definition) is 1. The van der Waals surface area contributed by atoms with Crippen molar-refractivity contribution in [2.45, 2.75) is 77.7 Å². The van der Waals surface area contributed by atoms with Crippen molar-refractivity contribution in [3.05, 3.63) is 0 Å². The van der Waals surface area contributed by atoms with Gasteiger partial charge in [0.15, 0.2) is 0 Å². The Morgan fingerprint density at radius 2 is 1.31 bits per heavy atom. The number of hydrogen-bond donors (Lipinski definition) is 1. The van der Waals surface area contributed by atoms with Crippen LogP contribution in [0, 0.1) is 0 Å². The Labute approximate surface area is 84.1 Å². The molecule has 0 amide bonds. The molecule has 80 valence electrons. The lowest BCUT2D eigenvalue weighted by molar-refractivity contribution is 0.541. The maximum Gasteiger partial charge on any atom is 0.00104 e. The Balaban J connectivity index is 2.84. The van der Waals surface area contributed by atoms with Crippen LogP contribution in [0.4, 0.5) is 0 Å². The summed E-state index contributed by atoms with van der Waals surface area (Å²) in [6.45, 7) is 4.36. The van der Waals surface area contributed by atoms with Crippen molar-refractivity contribution >= 4 is 0 Å². The molecule has 0 aromatic carbocycles. The average Bonchev–Trinajstić information content (AvgIpc) is 2.09. The van der Waals surface area contributed by atoms with Crippen molar-refractivity contribution in [3.63, 3.8) is 0 Å². The second-order valence-corrected chi connectivity index (χ2v) is 4.24. The molecule has 13 heavy (non-hydrogen) atoms. The monoisotopic (exact) mass is 185 g/mol. The van der Waals surface area contributed by atoms with Gasteiger partial charge in [0.05, 0.1) is 0 Å². The summed E-state index contributed by atoms with van der Waals surface area (Å²) in [7, 11) is 0. The van der Waals surface area contributed by atoms with Gasteiger partial charge >= 0.3 is 0 Å². The molecule has 0 unspecified atom stereocenters. The summed E-state index contributed by atoms with van der Waals surface area (Å²) in [6.07, 6.45) is 12.4. The van der Waals surface area contributed by atoms with Gasteiger partial charge in [0.2, 0.25) is 0 Å². The lowest BCUT2D eigenvalue weighted by Crippen LogP contribution is -2.13. The molecular weight excluding hydrogens is 158 g/mol. The van der Waals surface area contributed by atoms with Crippen LogP contribution in [0.2, 0.25) is 0 Å². The third kappa shape index (κ3) is 12.0. The van der Waals surface area contributed by atoms with Crippen molar-refractivity contribution < 1.29 is 0 Å².